The van der Waals surface area contributed by atoms with Gasteiger partial charge in [0.05, 0.1) is 11.6 Å². The zero-order chi connectivity index (χ0) is 13.6. The first kappa shape index (κ1) is 15.9. The molecule has 1 rings (SSSR count). The van der Waals surface area contributed by atoms with Crippen molar-refractivity contribution < 1.29 is 4.74 Å². The fourth-order valence-electron chi connectivity index (χ4n) is 3.56. The maximum absolute atomic E-state index is 6.21. The monoisotopic (exact) mass is 256 g/mol. The van der Waals surface area contributed by atoms with Gasteiger partial charge in [-0.25, -0.2) is 0 Å². The fourth-order valence-corrected chi connectivity index (χ4v) is 3.56. The van der Waals surface area contributed by atoms with Crippen molar-refractivity contribution in [3.63, 3.8) is 0 Å². The zero-order valence-corrected chi connectivity index (χ0v) is 12.7. The molecule has 1 atom stereocenters. The molecule has 1 aliphatic rings. The smallest absolute Gasteiger partial charge is 0.0850 e. The first-order valence-electron chi connectivity index (χ1n) is 7.73. The van der Waals surface area contributed by atoms with Gasteiger partial charge in [0.2, 0.25) is 0 Å². The summed E-state index contributed by atoms with van der Waals surface area (Å²) in [6.45, 7) is 9.73. The van der Waals surface area contributed by atoms with E-state index in [-0.39, 0.29) is 5.60 Å². The zero-order valence-electron chi connectivity index (χ0n) is 12.7. The molecule has 0 amide bonds. The average Bonchev–Trinajstić information content (AvgIpc) is 2.39. The van der Waals surface area contributed by atoms with Crippen molar-refractivity contribution in [1.82, 2.24) is 5.43 Å². The summed E-state index contributed by atoms with van der Waals surface area (Å²) < 4.78 is 6.21. The second kappa shape index (κ2) is 7.46. The Morgan fingerprint density at radius 1 is 1.22 bits per heavy atom. The largest absolute Gasteiger partial charge is 0.374 e. The molecule has 1 aliphatic carbocycles. The third kappa shape index (κ3) is 3.46. The molecule has 0 bridgehead atoms. The Balaban J connectivity index is 2.86. The molecule has 3 nitrogen and oxygen atoms in total. The molecule has 3 heteroatoms. The summed E-state index contributed by atoms with van der Waals surface area (Å²) in [4.78, 5) is 0. The van der Waals surface area contributed by atoms with Crippen LogP contribution in [-0.4, -0.2) is 18.2 Å². The van der Waals surface area contributed by atoms with Crippen LogP contribution in [0.2, 0.25) is 0 Å². The maximum atomic E-state index is 6.21. The predicted octanol–water partition coefficient (Wildman–Crippen LogP) is 3.24. The van der Waals surface area contributed by atoms with Gasteiger partial charge >= 0.3 is 0 Å². The normalized spacial score (nSPS) is 30.7. The van der Waals surface area contributed by atoms with Gasteiger partial charge in [-0.3, -0.25) is 11.3 Å². The van der Waals surface area contributed by atoms with Crippen molar-refractivity contribution in [1.29, 1.82) is 0 Å². The van der Waals surface area contributed by atoms with Gasteiger partial charge in [0.1, 0.15) is 0 Å². The standard InChI is InChI=1S/C15H32N2O/c1-5-13(6-2)14(17-16)15(18-7-3)10-8-12(4)9-11-15/h12-14,17H,5-11,16H2,1-4H3. The Bertz CT molecular complexity index is 221. The molecule has 108 valence electrons. The minimum Gasteiger partial charge on any atom is -0.374 e. The topological polar surface area (TPSA) is 47.3 Å². The summed E-state index contributed by atoms with van der Waals surface area (Å²) in [7, 11) is 0. The van der Waals surface area contributed by atoms with E-state index in [1.54, 1.807) is 0 Å². The maximum Gasteiger partial charge on any atom is 0.0850 e. The Morgan fingerprint density at radius 3 is 2.17 bits per heavy atom. The summed E-state index contributed by atoms with van der Waals surface area (Å²) in [5.41, 5.74) is 3.05. The lowest BCUT2D eigenvalue weighted by molar-refractivity contribution is -0.109. The number of ether oxygens (including phenoxy) is 1. The van der Waals surface area contributed by atoms with Crippen LogP contribution in [0.25, 0.3) is 0 Å². The van der Waals surface area contributed by atoms with Crippen LogP contribution in [0.5, 0.6) is 0 Å². The van der Waals surface area contributed by atoms with Crippen molar-refractivity contribution in [3.05, 3.63) is 0 Å². The third-order valence-corrected chi connectivity index (χ3v) is 4.82. The van der Waals surface area contributed by atoms with Crippen LogP contribution in [-0.2, 0) is 4.74 Å². The van der Waals surface area contributed by atoms with E-state index in [0.717, 1.165) is 38.2 Å². The second-order valence-corrected chi connectivity index (χ2v) is 5.90. The number of nitrogens with one attached hydrogen (secondary N) is 1. The van der Waals surface area contributed by atoms with Crippen LogP contribution >= 0.6 is 0 Å². The second-order valence-electron chi connectivity index (χ2n) is 5.90. The van der Waals surface area contributed by atoms with Crippen molar-refractivity contribution in [2.75, 3.05) is 6.61 Å². The predicted molar refractivity (Wildman–Crippen MR) is 77.2 cm³/mol. The molecule has 0 spiro atoms. The summed E-state index contributed by atoms with van der Waals surface area (Å²) in [6, 6.07) is 0.292. The first-order chi connectivity index (χ1) is 8.63. The van der Waals surface area contributed by atoms with Crippen molar-refractivity contribution in [3.8, 4) is 0 Å². The van der Waals surface area contributed by atoms with Crippen LogP contribution in [0.3, 0.4) is 0 Å². The van der Waals surface area contributed by atoms with Crippen LogP contribution in [0.4, 0.5) is 0 Å². The first-order valence-corrected chi connectivity index (χ1v) is 7.73. The summed E-state index contributed by atoms with van der Waals surface area (Å²) in [5, 5.41) is 0. The lowest BCUT2D eigenvalue weighted by Gasteiger charge is -2.47. The molecule has 0 aliphatic heterocycles. The van der Waals surface area contributed by atoms with Crippen molar-refractivity contribution >= 4 is 0 Å². The lowest BCUT2D eigenvalue weighted by atomic mass is 9.71. The molecule has 0 aromatic carbocycles. The molecule has 0 aromatic rings. The SMILES string of the molecule is CCOC1(C(NN)C(CC)CC)CCC(C)CC1. The van der Waals surface area contributed by atoms with Crippen LogP contribution in [0.1, 0.15) is 66.2 Å². The van der Waals surface area contributed by atoms with E-state index in [2.05, 4.69) is 33.1 Å². The van der Waals surface area contributed by atoms with Crippen LogP contribution in [0, 0.1) is 11.8 Å². The van der Waals surface area contributed by atoms with Crippen LogP contribution < -0.4 is 11.3 Å². The minimum atomic E-state index is -0.0350. The number of rotatable bonds is 7. The van der Waals surface area contributed by atoms with Gasteiger partial charge < -0.3 is 4.74 Å². The highest BCUT2D eigenvalue weighted by Gasteiger charge is 2.44. The van der Waals surface area contributed by atoms with Gasteiger partial charge in [-0.05, 0) is 44.4 Å². The molecule has 0 heterocycles. The van der Waals surface area contributed by atoms with E-state index in [9.17, 15) is 0 Å². The summed E-state index contributed by atoms with van der Waals surface area (Å²) >= 11 is 0. The molecule has 1 saturated carbocycles. The molecule has 3 N–H and O–H groups in total. The molecule has 0 aromatic heterocycles. The van der Waals surface area contributed by atoms with E-state index < -0.39 is 0 Å². The molecule has 18 heavy (non-hydrogen) atoms. The Morgan fingerprint density at radius 2 is 1.78 bits per heavy atom. The number of hydrogen-bond acceptors (Lipinski definition) is 3. The Kier molecular flexibility index (Phi) is 6.61. The van der Waals surface area contributed by atoms with Gasteiger partial charge in [-0.15, -0.1) is 0 Å². The van der Waals surface area contributed by atoms with Gasteiger partial charge in [0.15, 0.2) is 0 Å². The lowest BCUT2D eigenvalue weighted by Crippen LogP contribution is -2.59. The van der Waals surface area contributed by atoms with Gasteiger partial charge in [0.25, 0.3) is 0 Å². The van der Waals surface area contributed by atoms with Gasteiger partial charge in [0, 0.05) is 6.61 Å². The van der Waals surface area contributed by atoms with E-state index in [1.165, 1.54) is 12.8 Å². The molecule has 1 unspecified atom stereocenters. The Labute approximate surface area is 113 Å². The molecule has 1 fully saturated rings. The number of hydrazine groups is 1. The van der Waals surface area contributed by atoms with E-state index in [0.29, 0.717) is 12.0 Å². The van der Waals surface area contributed by atoms with Crippen molar-refractivity contribution in [2.24, 2.45) is 17.7 Å². The Hall–Kier alpha value is -0.120. The van der Waals surface area contributed by atoms with E-state index in [1.807, 2.05) is 0 Å². The number of hydrogen-bond donors (Lipinski definition) is 2. The quantitative estimate of drug-likeness (QED) is 0.543. The highest BCUT2D eigenvalue weighted by atomic mass is 16.5. The molecule has 0 radical (unpaired) electrons. The highest BCUT2D eigenvalue weighted by molar-refractivity contribution is 4.98. The van der Waals surface area contributed by atoms with Crippen LogP contribution in [0.15, 0.2) is 0 Å². The van der Waals surface area contributed by atoms with Gasteiger partial charge in [-0.1, -0.05) is 33.6 Å². The summed E-state index contributed by atoms with van der Waals surface area (Å²) in [5.74, 6) is 7.31. The fraction of sp³-hybridized carbons (Fsp3) is 1.00. The van der Waals surface area contributed by atoms with E-state index >= 15 is 0 Å². The third-order valence-electron chi connectivity index (χ3n) is 4.82. The summed E-state index contributed by atoms with van der Waals surface area (Å²) in [6.07, 6.45) is 7.14. The minimum absolute atomic E-state index is 0.0350. The van der Waals surface area contributed by atoms with Gasteiger partial charge in [-0.2, -0.15) is 0 Å². The molecule has 0 saturated heterocycles. The number of nitrogens with two attached hydrogens (primary N) is 1. The average molecular weight is 256 g/mol. The highest BCUT2D eigenvalue weighted by Crippen LogP contribution is 2.40. The van der Waals surface area contributed by atoms with E-state index in [4.69, 9.17) is 10.6 Å². The molecular formula is C15H32N2O. The molecular weight excluding hydrogens is 224 g/mol. The van der Waals surface area contributed by atoms with Crippen molar-refractivity contribution in [2.45, 2.75) is 77.9 Å².